The molecule has 0 radical (unpaired) electrons. The number of methoxy groups -OCH3 is 2. The standard InChI is InChI=1S/C32H42N6O5/c1-4-5-6-7-8-9-10-11-12-24-21-26(15-18-28(24)33-19-20-39)35-37-30-23-31(42-2)29(22-32(30)43-3)36-34-25-13-16-27(17-14-25)38(40)41/h13-18,21-23,33,39H,4-12,19-20H2,1-3H3/b36-34+,37-35+. The Morgan fingerprint density at radius 2 is 1.33 bits per heavy atom. The van der Waals surface area contributed by atoms with Crippen molar-refractivity contribution in [2.24, 2.45) is 20.5 Å². The third-order valence-corrected chi connectivity index (χ3v) is 6.90. The van der Waals surface area contributed by atoms with Gasteiger partial charge in [0.15, 0.2) is 0 Å². The molecule has 2 N–H and O–H groups in total. The highest BCUT2D eigenvalue weighted by molar-refractivity contribution is 5.67. The lowest BCUT2D eigenvalue weighted by molar-refractivity contribution is -0.384. The maximum absolute atomic E-state index is 10.9. The van der Waals surface area contributed by atoms with Gasteiger partial charge in [0, 0.05) is 36.5 Å². The van der Waals surface area contributed by atoms with Gasteiger partial charge in [-0.25, -0.2) is 0 Å². The van der Waals surface area contributed by atoms with E-state index in [9.17, 15) is 15.2 Å². The fourth-order valence-corrected chi connectivity index (χ4v) is 4.55. The number of hydrogen-bond donors (Lipinski definition) is 2. The van der Waals surface area contributed by atoms with Crippen LogP contribution in [0.2, 0.25) is 0 Å². The summed E-state index contributed by atoms with van der Waals surface area (Å²) in [6, 6.07) is 15.0. The van der Waals surface area contributed by atoms with Crippen LogP contribution in [0, 0.1) is 10.1 Å². The summed E-state index contributed by atoms with van der Waals surface area (Å²) in [5.41, 5.74) is 4.14. The van der Waals surface area contributed by atoms with Gasteiger partial charge in [0.2, 0.25) is 0 Å². The average molecular weight is 591 g/mol. The number of benzene rings is 3. The molecule has 3 rings (SSSR count). The highest BCUT2D eigenvalue weighted by atomic mass is 16.6. The van der Waals surface area contributed by atoms with Gasteiger partial charge in [-0.15, -0.1) is 10.2 Å². The number of nitro benzene ring substituents is 1. The molecule has 0 unspecified atom stereocenters. The Kier molecular flexibility index (Phi) is 14.0. The number of nitrogens with one attached hydrogen (secondary N) is 1. The maximum atomic E-state index is 10.9. The Morgan fingerprint density at radius 3 is 1.88 bits per heavy atom. The number of nitro groups is 1. The molecular formula is C32H42N6O5. The molecule has 11 nitrogen and oxygen atoms in total. The van der Waals surface area contributed by atoms with E-state index in [1.54, 1.807) is 12.1 Å². The molecule has 0 amide bonds. The first-order chi connectivity index (χ1) is 21.0. The number of azo groups is 2. The summed E-state index contributed by atoms with van der Waals surface area (Å²) in [6.45, 7) is 2.78. The maximum Gasteiger partial charge on any atom is 0.269 e. The van der Waals surface area contributed by atoms with Gasteiger partial charge >= 0.3 is 0 Å². The minimum atomic E-state index is -0.469. The summed E-state index contributed by atoms with van der Waals surface area (Å²) >= 11 is 0. The summed E-state index contributed by atoms with van der Waals surface area (Å²) in [6.07, 6.45) is 10.9. The van der Waals surface area contributed by atoms with Crippen LogP contribution >= 0.6 is 0 Å². The molecule has 0 aliphatic rings. The first-order valence-corrected chi connectivity index (χ1v) is 14.8. The van der Waals surface area contributed by atoms with Crippen LogP contribution in [0.1, 0.15) is 63.9 Å². The second kappa shape index (κ2) is 18.2. The summed E-state index contributed by atoms with van der Waals surface area (Å²) in [5, 5.41) is 40.8. The van der Waals surface area contributed by atoms with E-state index in [0.717, 1.165) is 24.1 Å². The van der Waals surface area contributed by atoms with E-state index >= 15 is 0 Å². The second-order valence-corrected chi connectivity index (χ2v) is 10.1. The van der Waals surface area contributed by atoms with Crippen LogP contribution in [0.15, 0.2) is 75.1 Å². The van der Waals surface area contributed by atoms with Gasteiger partial charge in [-0.3, -0.25) is 10.1 Å². The number of non-ortho nitro benzene ring substituents is 1. The summed E-state index contributed by atoms with van der Waals surface area (Å²) in [4.78, 5) is 10.4. The van der Waals surface area contributed by atoms with E-state index in [-0.39, 0.29) is 12.3 Å². The van der Waals surface area contributed by atoms with Crippen molar-refractivity contribution in [3.05, 3.63) is 70.3 Å². The lowest BCUT2D eigenvalue weighted by atomic mass is 10.0. The predicted molar refractivity (Wildman–Crippen MR) is 169 cm³/mol. The molecular weight excluding hydrogens is 548 g/mol. The number of nitrogens with zero attached hydrogens (tertiary/aromatic N) is 5. The van der Waals surface area contributed by atoms with Crippen molar-refractivity contribution >= 4 is 34.1 Å². The van der Waals surface area contributed by atoms with Crippen molar-refractivity contribution < 1.29 is 19.5 Å². The first-order valence-electron chi connectivity index (χ1n) is 14.8. The molecule has 0 fully saturated rings. The molecule has 0 saturated heterocycles. The molecule has 0 aromatic heterocycles. The molecule has 0 spiro atoms. The van der Waals surface area contributed by atoms with Crippen LogP contribution in [0.4, 0.5) is 34.1 Å². The van der Waals surface area contributed by atoms with Crippen molar-refractivity contribution in [1.29, 1.82) is 0 Å². The van der Waals surface area contributed by atoms with Crippen LogP contribution in [-0.2, 0) is 6.42 Å². The number of hydrogen-bond acceptors (Lipinski definition) is 10. The molecule has 0 aliphatic heterocycles. The summed E-state index contributed by atoms with van der Waals surface area (Å²) in [5.74, 6) is 0.849. The zero-order chi connectivity index (χ0) is 30.9. The monoisotopic (exact) mass is 590 g/mol. The largest absolute Gasteiger partial charge is 0.494 e. The first kappa shape index (κ1) is 33.1. The molecule has 0 saturated carbocycles. The van der Waals surface area contributed by atoms with E-state index < -0.39 is 4.92 Å². The molecule has 0 atom stereocenters. The minimum absolute atomic E-state index is 0.0238. The molecule has 0 bridgehead atoms. The van der Waals surface area contributed by atoms with Crippen LogP contribution in [0.25, 0.3) is 0 Å². The van der Waals surface area contributed by atoms with E-state index in [1.165, 1.54) is 83.4 Å². The molecule has 0 heterocycles. The lowest BCUT2D eigenvalue weighted by Gasteiger charge is -2.12. The van der Waals surface area contributed by atoms with Crippen LogP contribution < -0.4 is 14.8 Å². The normalized spacial score (nSPS) is 11.3. The van der Waals surface area contributed by atoms with Gasteiger partial charge in [0.1, 0.15) is 22.9 Å². The molecule has 0 aliphatic carbocycles. The smallest absolute Gasteiger partial charge is 0.269 e. The number of anilines is 1. The van der Waals surface area contributed by atoms with Crippen LogP contribution in [-0.4, -0.2) is 37.4 Å². The highest BCUT2D eigenvalue weighted by Gasteiger charge is 2.12. The van der Waals surface area contributed by atoms with Gasteiger partial charge < -0.3 is 19.9 Å². The molecule has 3 aromatic carbocycles. The third kappa shape index (κ3) is 10.8. The van der Waals surface area contributed by atoms with Gasteiger partial charge in [-0.1, -0.05) is 51.9 Å². The van der Waals surface area contributed by atoms with Crippen molar-refractivity contribution in [1.82, 2.24) is 0 Å². The molecule has 11 heteroatoms. The van der Waals surface area contributed by atoms with Crippen LogP contribution in [0.3, 0.4) is 0 Å². The summed E-state index contributed by atoms with van der Waals surface area (Å²) in [7, 11) is 3.05. The van der Waals surface area contributed by atoms with Gasteiger partial charge in [-0.2, -0.15) is 10.2 Å². The topological polar surface area (TPSA) is 143 Å². The van der Waals surface area contributed by atoms with E-state index in [0.29, 0.717) is 40.8 Å². The quantitative estimate of drug-likeness (QED) is 0.0616. The number of aliphatic hydroxyl groups excluding tert-OH is 1. The average Bonchev–Trinajstić information content (AvgIpc) is 3.03. The van der Waals surface area contributed by atoms with Crippen molar-refractivity contribution in [2.45, 2.75) is 64.7 Å². The van der Waals surface area contributed by atoms with Gasteiger partial charge in [-0.05, 0) is 48.7 Å². The van der Waals surface area contributed by atoms with E-state index in [2.05, 4.69) is 32.7 Å². The van der Waals surface area contributed by atoms with E-state index in [1.807, 2.05) is 18.2 Å². The Hall–Kier alpha value is -4.38. The number of ether oxygens (including phenoxy) is 2. The highest BCUT2D eigenvalue weighted by Crippen LogP contribution is 2.41. The fraction of sp³-hybridized carbons (Fsp3) is 0.438. The third-order valence-electron chi connectivity index (χ3n) is 6.90. The number of rotatable bonds is 19. The number of aryl methyl sites for hydroxylation is 1. The Labute approximate surface area is 253 Å². The van der Waals surface area contributed by atoms with Gasteiger partial charge in [0.25, 0.3) is 5.69 Å². The fourth-order valence-electron chi connectivity index (χ4n) is 4.55. The number of aliphatic hydroxyl groups is 1. The Balaban J connectivity index is 1.74. The van der Waals surface area contributed by atoms with Crippen LogP contribution in [0.5, 0.6) is 11.5 Å². The SMILES string of the molecule is CCCCCCCCCCc1cc(/N=N/c2cc(OC)c(/N=N/c3ccc([N+](=O)[O-])cc3)cc2OC)ccc1NCCO. The molecule has 3 aromatic rings. The number of unbranched alkanes of at least 4 members (excludes halogenated alkanes) is 7. The Bertz CT molecular complexity index is 1360. The van der Waals surface area contributed by atoms with Crippen molar-refractivity contribution in [3.8, 4) is 11.5 Å². The lowest BCUT2D eigenvalue weighted by Crippen LogP contribution is -2.07. The van der Waals surface area contributed by atoms with Crippen molar-refractivity contribution in [2.75, 3.05) is 32.7 Å². The van der Waals surface area contributed by atoms with Gasteiger partial charge in [0.05, 0.1) is 37.1 Å². The summed E-state index contributed by atoms with van der Waals surface area (Å²) < 4.78 is 11.1. The predicted octanol–water partition coefficient (Wildman–Crippen LogP) is 9.53. The molecule has 43 heavy (non-hydrogen) atoms. The zero-order valence-corrected chi connectivity index (χ0v) is 25.3. The zero-order valence-electron chi connectivity index (χ0n) is 25.3. The van der Waals surface area contributed by atoms with Crippen molar-refractivity contribution in [3.63, 3.8) is 0 Å². The Morgan fingerprint density at radius 1 is 0.767 bits per heavy atom. The van der Waals surface area contributed by atoms with E-state index in [4.69, 9.17) is 9.47 Å². The second-order valence-electron chi connectivity index (χ2n) is 10.1. The minimum Gasteiger partial charge on any atom is -0.494 e. The molecule has 230 valence electrons.